The Labute approximate surface area is 97.1 Å². The lowest BCUT2D eigenvalue weighted by Crippen LogP contribution is -2.00. The molecule has 0 saturated heterocycles. The zero-order chi connectivity index (χ0) is 11.5. The van der Waals surface area contributed by atoms with Crippen molar-refractivity contribution in [3.63, 3.8) is 0 Å². The molecular weight excluding hydrogens is 226 g/mol. The number of hydrogen-bond donors (Lipinski definition) is 1. The lowest BCUT2D eigenvalue weighted by atomic mass is 10.2. The summed E-state index contributed by atoms with van der Waals surface area (Å²) >= 11 is 6.07. The Morgan fingerprint density at radius 3 is 2.88 bits per heavy atom. The molecule has 6 heteroatoms. The van der Waals surface area contributed by atoms with Gasteiger partial charge < -0.3 is 5.73 Å². The normalized spacial score (nSPS) is 10.1. The summed E-state index contributed by atoms with van der Waals surface area (Å²) < 4.78 is 1.46. The number of halogens is 1. The average Bonchev–Trinajstić information content (AvgIpc) is 2.77. The van der Waals surface area contributed by atoms with E-state index in [-0.39, 0.29) is 5.82 Å². The van der Waals surface area contributed by atoms with Gasteiger partial charge in [0.25, 0.3) is 5.82 Å². The zero-order valence-electron chi connectivity index (χ0n) is 8.26. The Hall–Kier alpha value is -1.90. The highest BCUT2D eigenvalue weighted by Crippen LogP contribution is 2.20. The first-order valence-corrected chi connectivity index (χ1v) is 4.93. The second-order valence-corrected chi connectivity index (χ2v) is 3.52. The van der Waals surface area contributed by atoms with Gasteiger partial charge in [-0.15, -0.1) is 5.10 Å². The molecule has 1 aromatic heterocycles. The predicted molar refractivity (Wildman–Crippen MR) is 59.0 cm³/mol. The van der Waals surface area contributed by atoms with E-state index in [0.29, 0.717) is 17.3 Å². The van der Waals surface area contributed by atoms with Gasteiger partial charge in [-0.3, -0.25) is 0 Å². The van der Waals surface area contributed by atoms with Crippen LogP contribution in [0.5, 0.6) is 0 Å². The maximum Gasteiger partial charge on any atom is 0.252 e. The van der Waals surface area contributed by atoms with Crippen molar-refractivity contribution in [2.45, 2.75) is 6.54 Å². The smallest absolute Gasteiger partial charge is 0.252 e. The van der Waals surface area contributed by atoms with Crippen molar-refractivity contribution in [3.8, 4) is 11.8 Å². The van der Waals surface area contributed by atoms with Crippen LogP contribution in [0.3, 0.4) is 0 Å². The van der Waals surface area contributed by atoms with E-state index in [1.54, 1.807) is 12.1 Å². The number of nitriles is 1. The van der Waals surface area contributed by atoms with Crippen LogP contribution in [0.25, 0.3) is 5.69 Å². The molecule has 5 nitrogen and oxygen atoms in total. The summed E-state index contributed by atoms with van der Waals surface area (Å²) in [5.74, 6) is 0.110. The van der Waals surface area contributed by atoms with E-state index in [9.17, 15) is 0 Å². The molecule has 80 valence electrons. The van der Waals surface area contributed by atoms with Crippen molar-refractivity contribution in [1.29, 1.82) is 5.26 Å². The van der Waals surface area contributed by atoms with Crippen LogP contribution >= 0.6 is 11.6 Å². The Bertz CT molecular complexity index is 555. The molecular formula is C10H8ClN5. The minimum absolute atomic E-state index is 0.110. The van der Waals surface area contributed by atoms with Crippen LogP contribution in [0, 0.1) is 11.3 Å². The molecule has 0 unspecified atom stereocenters. The van der Waals surface area contributed by atoms with Gasteiger partial charge >= 0.3 is 0 Å². The summed E-state index contributed by atoms with van der Waals surface area (Å²) in [5.41, 5.74) is 7.11. The zero-order valence-corrected chi connectivity index (χ0v) is 9.02. The molecule has 0 aliphatic heterocycles. The van der Waals surface area contributed by atoms with Crippen LogP contribution in [0.15, 0.2) is 24.5 Å². The van der Waals surface area contributed by atoms with E-state index >= 15 is 0 Å². The largest absolute Gasteiger partial charge is 0.326 e. The topological polar surface area (TPSA) is 80.5 Å². The molecule has 0 spiro atoms. The van der Waals surface area contributed by atoms with Gasteiger partial charge in [0.15, 0.2) is 0 Å². The number of benzene rings is 1. The molecule has 0 atom stereocenters. The van der Waals surface area contributed by atoms with Gasteiger partial charge in [-0.2, -0.15) is 5.26 Å². The van der Waals surface area contributed by atoms with Crippen molar-refractivity contribution < 1.29 is 0 Å². The monoisotopic (exact) mass is 233 g/mol. The Morgan fingerprint density at radius 1 is 1.50 bits per heavy atom. The summed E-state index contributed by atoms with van der Waals surface area (Å²) in [5, 5.41) is 13.1. The Balaban J connectivity index is 2.45. The Morgan fingerprint density at radius 2 is 2.31 bits per heavy atom. The van der Waals surface area contributed by atoms with Crippen molar-refractivity contribution in [2.75, 3.05) is 0 Å². The standard InChI is InChI=1S/C10H8ClN5/c11-8-3-7(4-12)1-2-9(8)16-6-14-10(5-13)15-16/h1-3,6H,4,12H2. The van der Waals surface area contributed by atoms with Gasteiger partial charge in [0.2, 0.25) is 0 Å². The van der Waals surface area contributed by atoms with E-state index in [2.05, 4.69) is 10.1 Å². The molecule has 0 radical (unpaired) electrons. The quantitative estimate of drug-likeness (QED) is 0.847. The molecule has 2 rings (SSSR count). The van der Waals surface area contributed by atoms with Crippen LogP contribution < -0.4 is 5.73 Å². The summed E-state index contributed by atoms with van der Waals surface area (Å²) in [6.45, 7) is 0.431. The second-order valence-electron chi connectivity index (χ2n) is 3.11. The maximum absolute atomic E-state index is 8.61. The van der Waals surface area contributed by atoms with Crippen molar-refractivity contribution >= 4 is 11.6 Å². The summed E-state index contributed by atoms with van der Waals surface area (Å²) in [4.78, 5) is 3.80. The highest BCUT2D eigenvalue weighted by Gasteiger charge is 2.06. The minimum atomic E-state index is 0.110. The second kappa shape index (κ2) is 4.31. The number of nitrogens with zero attached hydrogens (tertiary/aromatic N) is 4. The van der Waals surface area contributed by atoms with Crippen LogP contribution in [-0.2, 0) is 6.54 Å². The average molecular weight is 234 g/mol. The SMILES string of the molecule is N#Cc1ncn(-c2ccc(CN)cc2Cl)n1. The van der Waals surface area contributed by atoms with Gasteiger partial charge in [-0.25, -0.2) is 9.67 Å². The number of aromatic nitrogens is 3. The molecule has 1 aromatic carbocycles. The molecule has 0 bridgehead atoms. The van der Waals surface area contributed by atoms with E-state index in [0.717, 1.165) is 5.56 Å². The van der Waals surface area contributed by atoms with Crippen LogP contribution in [-0.4, -0.2) is 14.8 Å². The molecule has 1 heterocycles. The number of hydrogen-bond acceptors (Lipinski definition) is 4. The van der Waals surface area contributed by atoms with Crippen molar-refractivity contribution in [3.05, 3.63) is 40.9 Å². The molecule has 0 saturated carbocycles. The first kappa shape index (κ1) is 10.6. The van der Waals surface area contributed by atoms with E-state index in [4.69, 9.17) is 22.6 Å². The highest BCUT2D eigenvalue weighted by atomic mass is 35.5. The van der Waals surface area contributed by atoms with Gasteiger partial charge in [-0.1, -0.05) is 17.7 Å². The van der Waals surface area contributed by atoms with E-state index < -0.39 is 0 Å². The van der Waals surface area contributed by atoms with Gasteiger partial charge in [0.1, 0.15) is 12.4 Å². The summed E-state index contributed by atoms with van der Waals surface area (Å²) in [7, 11) is 0. The maximum atomic E-state index is 8.61. The molecule has 2 N–H and O–H groups in total. The lowest BCUT2D eigenvalue weighted by Gasteiger charge is -2.04. The van der Waals surface area contributed by atoms with Crippen LogP contribution in [0.4, 0.5) is 0 Å². The third-order valence-electron chi connectivity index (χ3n) is 2.09. The van der Waals surface area contributed by atoms with Crippen molar-refractivity contribution in [1.82, 2.24) is 14.8 Å². The van der Waals surface area contributed by atoms with E-state index in [1.807, 2.05) is 12.1 Å². The van der Waals surface area contributed by atoms with Crippen LogP contribution in [0.2, 0.25) is 5.02 Å². The summed E-state index contributed by atoms with van der Waals surface area (Å²) in [6.07, 6.45) is 1.45. The molecule has 2 aromatic rings. The third-order valence-corrected chi connectivity index (χ3v) is 2.39. The molecule has 0 fully saturated rings. The Kier molecular flexibility index (Phi) is 2.86. The molecule has 16 heavy (non-hydrogen) atoms. The predicted octanol–water partition coefficient (Wildman–Crippen LogP) is 1.25. The third kappa shape index (κ3) is 1.89. The minimum Gasteiger partial charge on any atom is -0.326 e. The van der Waals surface area contributed by atoms with Crippen molar-refractivity contribution in [2.24, 2.45) is 5.73 Å². The fourth-order valence-electron chi connectivity index (χ4n) is 1.29. The van der Waals surface area contributed by atoms with Crippen LogP contribution in [0.1, 0.15) is 11.4 Å². The number of nitrogens with two attached hydrogens (primary N) is 1. The fraction of sp³-hybridized carbons (Fsp3) is 0.100. The lowest BCUT2D eigenvalue weighted by molar-refractivity contribution is 0.871. The summed E-state index contributed by atoms with van der Waals surface area (Å²) in [6, 6.07) is 7.27. The fourth-order valence-corrected chi connectivity index (χ4v) is 1.58. The van der Waals surface area contributed by atoms with Gasteiger partial charge in [0.05, 0.1) is 10.7 Å². The first-order valence-electron chi connectivity index (χ1n) is 4.55. The first-order chi connectivity index (χ1) is 7.74. The number of rotatable bonds is 2. The molecule has 0 amide bonds. The van der Waals surface area contributed by atoms with Gasteiger partial charge in [-0.05, 0) is 17.7 Å². The van der Waals surface area contributed by atoms with Gasteiger partial charge in [0, 0.05) is 6.54 Å². The highest BCUT2D eigenvalue weighted by molar-refractivity contribution is 6.32. The molecule has 0 aliphatic rings. The molecule has 0 aliphatic carbocycles. The van der Waals surface area contributed by atoms with E-state index in [1.165, 1.54) is 11.0 Å².